The fraction of sp³-hybridized carbons (Fsp3) is 0.632. The Hall–Kier alpha value is -1.06. The predicted molar refractivity (Wildman–Crippen MR) is 96.2 cm³/mol. The maximum Gasteiger partial charge on any atom is 0.223 e. The van der Waals surface area contributed by atoms with Gasteiger partial charge in [-0.2, -0.15) is 0 Å². The number of amides is 1. The molecule has 1 amide bonds. The third kappa shape index (κ3) is 4.71. The molecule has 0 aromatic heterocycles. The van der Waals surface area contributed by atoms with E-state index in [0.29, 0.717) is 29.3 Å². The van der Waals surface area contributed by atoms with E-state index in [0.717, 1.165) is 18.4 Å². The van der Waals surface area contributed by atoms with Gasteiger partial charge in [0.2, 0.25) is 5.91 Å². The summed E-state index contributed by atoms with van der Waals surface area (Å²) in [6.07, 6.45) is 3.36. The molecule has 0 unspecified atom stereocenters. The van der Waals surface area contributed by atoms with Crippen LogP contribution in [0.5, 0.6) is 0 Å². The summed E-state index contributed by atoms with van der Waals surface area (Å²) in [6.45, 7) is 7.11. The van der Waals surface area contributed by atoms with E-state index >= 15 is 0 Å². The van der Waals surface area contributed by atoms with E-state index in [2.05, 4.69) is 26.1 Å². The van der Waals surface area contributed by atoms with Crippen molar-refractivity contribution in [3.8, 4) is 0 Å². The first-order chi connectivity index (χ1) is 10.9. The SMILES string of the molecule is CC(C)[C@@H]1CC[C@@H](C)C[C@H]1C(=O)NC[C@@H](N)c1ccccc1Cl. The second-order valence-electron chi connectivity index (χ2n) is 7.31. The lowest BCUT2D eigenvalue weighted by molar-refractivity contribution is -0.129. The van der Waals surface area contributed by atoms with Crippen LogP contribution in [0.1, 0.15) is 51.6 Å². The van der Waals surface area contributed by atoms with Crippen LogP contribution in [0.25, 0.3) is 0 Å². The van der Waals surface area contributed by atoms with Crippen LogP contribution in [0.3, 0.4) is 0 Å². The third-order valence-electron chi connectivity index (χ3n) is 5.16. The number of nitrogens with one attached hydrogen (secondary N) is 1. The summed E-state index contributed by atoms with van der Waals surface area (Å²) in [5.74, 6) is 1.89. The highest BCUT2D eigenvalue weighted by Gasteiger charge is 2.35. The molecule has 0 bridgehead atoms. The zero-order valence-electron chi connectivity index (χ0n) is 14.4. The lowest BCUT2D eigenvalue weighted by Gasteiger charge is -2.36. The Balaban J connectivity index is 1.96. The van der Waals surface area contributed by atoms with Gasteiger partial charge in [0, 0.05) is 23.5 Å². The summed E-state index contributed by atoms with van der Waals surface area (Å²) in [7, 11) is 0. The predicted octanol–water partition coefficient (Wildman–Crippen LogP) is 4.16. The van der Waals surface area contributed by atoms with Gasteiger partial charge in [-0.1, -0.05) is 57.0 Å². The number of benzene rings is 1. The van der Waals surface area contributed by atoms with E-state index in [1.165, 1.54) is 6.42 Å². The molecule has 128 valence electrons. The van der Waals surface area contributed by atoms with Gasteiger partial charge in [-0.15, -0.1) is 0 Å². The highest BCUT2D eigenvalue weighted by Crippen LogP contribution is 2.38. The van der Waals surface area contributed by atoms with Gasteiger partial charge in [-0.3, -0.25) is 4.79 Å². The number of nitrogens with two attached hydrogens (primary N) is 1. The first kappa shape index (κ1) is 18.3. The topological polar surface area (TPSA) is 55.1 Å². The maximum atomic E-state index is 12.7. The van der Waals surface area contributed by atoms with Crippen molar-refractivity contribution >= 4 is 17.5 Å². The first-order valence-electron chi connectivity index (χ1n) is 8.67. The third-order valence-corrected chi connectivity index (χ3v) is 5.50. The fourth-order valence-electron chi connectivity index (χ4n) is 3.73. The molecule has 1 saturated carbocycles. The normalized spacial score (nSPS) is 26.1. The molecule has 3 nitrogen and oxygen atoms in total. The summed E-state index contributed by atoms with van der Waals surface area (Å²) in [4.78, 5) is 12.7. The lowest BCUT2D eigenvalue weighted by atomic mass is 9.70. The molecule has 1 fully saturated rings. The van der Waals surface area contributed by atoms with Crippen molar-refractivity contribution in [2.75, 3.05) is 6.54 Å². The average molecular weight is 337 g/mol. The van der Waals surface area contributed by atoms with Crippen LogP contribution >= 0.6 is 11.6 Å². The van der Waals surface area contributed by atoms with Gasteiger partial charge in [-0.05, 0) is 42.2 Å². The highest BCUT2D eigenvalue weighted by molar-refractivity contribution is 6.31. The summed E-state index contributed by atoms with van der Waals surface area (Å²) in [5, 5.41) is 3.71. The first-order valence-corrected chi connectivity index (χ1v) is 9.05. The standard InChI is InChI=1S/C19H29ClN2O/c1-12(2)14-9-8-13(3)10-16(14)19(23)22-11-18(21)15-6-4-5-7-17(15)20/h4-7,12-14,16,18H,8-11,21H2,1-3H3,(H,22,23)/t13-,14+,16-,18-/m1/s1. The number of halogens is 1. The number of hydrogen-bond acceptors (Lipinski definition) is 2. The molecule has 0 aliphatic heterocycles. The van der Waals surface area contributed by atoms with Gasteiger partial charge >= 0.3 is 0 Å². The van der Waals surface area contributed by atoms with Crippen molar-refractivity contribution < 1.29 is 4.79 Å². The number of carbonyl (C=O) groups excluding carboxylic acids is 1. The summed E-state index contributed by atoms with van der Waals surface area (Å²) in [5.41, 5.74) is 7.08. The van der Waals surface area contributed by atoms with Gasteiger partial charge < -0.3 is 11.1 Å². The summed E-state index contributed by atoms with van der Waals surface area (Å²) in [6, 6.07) is 7.27. The van der Waals surface area contributed by atoms with Gasteiger partial charge in [0.1, 0.15) is 0 Å². The molecule has 4 atom stereocenters. The van der Waals surface area contributed by atoms with Crippen LogP contribution < -0.4 is 11.1 Å². The van der Waals surface area contributed by atoms with Crippen molar-refractivity contribution in [1.29, 1.82) is 0 Å². The van der Waals surface area contributed by atoms with Crippen molar-refractivity contribution in [2.24, 2.45) is 29.4 Å². The molecule has 1 aromatic carbocycles. The molecule has 1 aliphatic rings. The molecule has 0 radical (unpaired) electrons. The van der Waals surface area contributed by atoms with E-state index in [9.17, 15) is 4.79 Å². The molecule has 1 aromatic rings. The highest BCUT2D eigenvalue weighted by atomic mass is 35.5. The van der Waals surface area contributed by atoms with Gasteiger partial charge in [-0.25, -0.2) is 0 Å². The smallest absolute Gasteiger partial charge is 0.223 e. The molecule has 0 spiro atoms. The van der Waals surface area contributed by atoms with Gasteiger partial charge in [0.05, 0.1) is 0 Å². The molecule has 23 heavy (non-hydrogen) atoms. The molecule has 0 heterocycles. The van der Waals surface area contributed by atoms with Crippen LogP contribution in [0, 0.1) is 23.7 Å². The minimum Gasteiger partial charge on any atom is -0.354 e. The molecule has 4 heteroatoms. The van der Waals surface area contributed by atoms with Crippen molar-refractivity contribution in [2.45, 2.75) is 46.1 Å². The van der Waals surface area contributed by atoms with Crippen molar-refractivity contribution in [1.82, 2.24) is 5.32 Å². The summed E-state index contributed by atoms with van der Waals surface area (Å²) >= 11 is 6.17. The van der Waals surface area contributed by atoms with Crippen LogP contribution in [0.4, 0.5) is 0 Å². The van der Waals surface area contributed by atoms with Crippen molar-refractivity contribution in [3.05, 3.63) is 34.9 Å². The Bertz CT molecular complexity index is 532. The molecule has 1 aliphatic carbocycles. The second kappa shape index (κ2) is 8.16. The van der Waals surface area contributed by atoms with E-state index in [1.807, 2.05) is 24.3 Å². The van der Waals surface area contributed by atoms with Crippen LogP contribution in [0.15, 0.2) is 24.3 Å². The second-order valence-corrected chi connectivity index (χ2v) is 7.71. The molecule has 0 saturated heterocycles. The minimum absolute atomic E-state index is 0.109. The van der Waals surface area contributed by atoms with Crippen LogP contribution in [0.2, 0.25) is 5.02 Å². The Morgan fingerprint density at radius 3 is 2.70 bits per heavy atom. The quantitative estimate of drug-likeness (QED) is 0.848. The van der Waals surface area contributed by atoms with Crippen LogP contribution in [-0.2, 0) is 4.79 Å². The Labute approximate surface area is 145 Å². The number of carbonyl (C=O) groups is 1. The van der Waals surface area contributed by atoms with E-state index < -0.39 is 0 Å². The molecular weight excluding hydrogens is 308 g/mol. The zero-order chi connectivity index (χ0) is 17.0. The Morgan fingerprint density at radius 1 is 1.35 bits per heavy atom. The molecule has 3 N–H and O–H groups in total. The van der Waals surface area contributed by atoms with Gasteiger partial charge in [0.25, 0.3) is 0 Å². The Morgan fingerprint density at radius 2 is 2.04 bits per heavy atom. The monoisotopic (exact) mass is 336 g/mol. The maximum absolute atomic E-state index is 12.7. The molecular formula is C19H29ClN2O. The van der Waals surface area contributed by atoms with Crippen LogP contribution in [-0.4, -0.2) is 12.5 Å². The van der Waals surface area contributed by atoms with E-state index in [4.69, 9.17) is 17.3 Å². The van der Waals surface area contributed by atoms with E-state index in [1.54, 1.807) is 0 Å². The largest absolute Gasteiger partial charge is 0.354 e. The minimum atomic E-state index is -0.272. The Kier molecular flexibility index (Phi) is 6.49. The van der Waals surface area contributed by atoms with Crippen molar-refractivity contribution in [3.63, 3.8) is 0 Å². The number of rotatable bonds is 5. The summed E-state index contributed by atoms with van der Waals surface area (Å²) < 4.78 is 0. The van der Waals surface area contributed by atoms with Gasteiger partial charge in [0.15, 0.2) is 0 Å². The van der Waals surface area contributed by atoms with E-state index in [-0.39, 0.29) is 17.9 Å². The average Bonchev–Trinajstić information content (AvgIpc) is 2.52. The number of hydrogen-bond donors (Lipinski definition) is 2. The lowest BCUT2D eigenvalue weighted by Crippen LogP contribution is -2.42. The fourth-order valence-corrected chi connectivity index (χ4v) is 4.01. The molecule has 2 rings (SSSR count). The zero-order valence-corrected chi connectivity index (χ0v) is 15.1.